The van der Waals surface area contributed by atoms with Crippen molar-refractivity contribution in [3.05, 3.63) is 57.2 Å². The number of aromatic nitrogens is 1. The van der Waals surface area contributed by atoms with Crippen molar-refractivity contribution in [2.75, 3.05) is 0 Å². The molecule has 0 aliphatic rings. The summed E-state index contributed by atoms with van der Waals surface area (Å²) < 4.78 is 5.36. The first-order valence-electron chi connectivity index (χ1n) is 5.13. The SMILES string of the molecule is O=Cc1ccc(Oc2ccc([N+](=O)[O-])cc2Cl)nc1. The molecule has 0 unspecified atom stereocenters. The quantitative estimate of drug-likeness (QED) is 0.487. The largest absolute Gasteiger partial charge is 0.437 e. The molecular formula is C12H7ClN2O4. The molecule has 0 saturated heterocycles. The minimum atomic E-state index is -0.549. The van der Waals surface area contributed by atoms with Crippen molar-refractivity contribution < 1.29 is 14.5 Å². The minimum absolute atomic E-state index is 0.107. The zero-order valence-electron chi connectivity index (χ0n) is 9.45. The third kappa shape index (κ3) is 3.05. The molecule has 0 aliphatic heterocycles. The van der Waals surface area contributed by atoms with Gasteiger partial charge in [-0.1, -0.05) is 11.6 Å². The molecular weight excluding hydrogens is 272 g/mol. The number of nitro groups is 1. The molecule has 0 spiro atoms. The second kappa shape index (κ2) is 5.45. The molecule has 1 aromatic carbocycles. The molecule has 1 aromatic heterocycles. The second-order valence-corrected chi connectivity index (χ2v) is 3.93. The fraction of sp³-hybridized carbons (Fsp3) is 0. The number of hydrogen-bond acceptors (Lipinski definition) is 5. The third-order valence-electron chi connectivity index (χ3n) is 2.24. The van der Waals surface area contributed by atoms with Crippen LogP contribution < -0.4 is 4.74 Å². The number of nitrogens with zero attached hydrogens (tertiary/aromatic N) is 2. The second-order valence-electron chi connectivity index (χ2n) is 3.52. The van der Waals surface area contributed by atoms with Gasteiger partial charge in [0.05, 0.1) is 9.95 Å². The van der Waals surface area contributed by atoms with Crippen molar-refractivity contribution in [1.82, 2.24) is 4.98 Å². The van der Waals surface area contributed by atoms with Gasteiger partial charge in [-0.25, -0.2) is 4.98 Å². The highest BCUT2D eigenvalue weighted by atomic mass is 35.5. The van der Waals surface area contributed by atoms with Crippen LogP contribution in [0.2, 0.25) is 5.02 Å². The van der Waals surface area contributed by atoms with Crippen molar-refractivity contribution in [1.29, 1.82) is 0 Å². The van der Waals surface area contributed by atoms with Crippen LogP contribution in [0.25, 0.3) is 0 Å². The fourth-order valence-electron chi connectivity index (χ4n) is 1.32. The number of halogens is 1. The van der Waals surface area contributed by atoms with E-state index in [1.807, 2.05) is 0 Å². The molecule has 2 rings (SSSR count). The van der Waals surface area contributed by atoms with Crippen LogP contribution in [0.1, 0.15) is 10.4 Å². The molecule has 19 heavy (non-hydrogen) atoms. The Morgan fingerprint density at radius 3 is 2.63 bits per heavy atom. The van der Waals surface area contributed by atoms with Crippen LogP contribution in [-0.4, -0.2) is 16.2 Å². The highest BCUT2D eigenvalue weighted by molar-refractivity contribution is 6.32. The number of pyridine rings is 1. The van der Waals surface area contributed by atoms with E-state index in [1.165, 1.54) is 36.5 Å². The highest BCUT2D eigenvalue weighted by Gasteiger charge is 2.11. The molecule has 1 heterocycles. The molecule has 0 fully saturated rings. The Balaban J connectivity index is 2.22. The maximum Gasteiger partial charge on any atom is 0.271 e. The topological polar surface area (TPSA) is 82.3 Å². The van der Waals surface area contributed by atoms with Crippen LogP contribution in [0.3, 0.4) is 0 Å². The van der Waals surface area contributed by atoms with Crippen molar-refractivity contribution in [2.45, 2.75) is 0 Å². The lowest BCUT2D eigenvalue weighted by Crippen LogP contribution is -1.92. The molecule has 0 atom stereocenters. The Labute approximate surface area is 112 Å². The van der Waals surface area contributed by atoms with Gasteiger partial charge in [-0.15, -0.1) is 0 Å². The average molecular weight is 279 g/mol. The lowest BCUT2D eigenvalue weighted by atomic mass is 10.3. The fourth-order valence-corrected chi connectivity index (χ4v) is 1.53. The number of carbonyl (C=O) groups is 1. The molecule has 0 aliphatic carbocycles. The monoisotopic (exact) mass is 278 g/mol. The summed E-state index contributed by atoms with van der Waals surface area (Å²) in [5.74, 6) is 0.486. The summed E-state index contributed by atoms with van der Waals surface area (Å²) in [5.41, 5.74) is 0.295. The van der Waals surface area contributed by atoms with E-state index in [1.54, 1.807) is 0 Å². The predicted molar refractivity (Wildman–Crippen MR) is 67.8 cm³/mol. The first-order valence-corrected chi connectivity index (χ1v) is 5.51. The van der Waals surface area contributed by atoms with Crippen molar-refractivity contribution in [2.24, 2.45) is 0 Å². The Hall–Kier alpha value is -2.47. The summed E-state index contributed by atoms with van der Waals surface area (Å²) in [6.45, 7) is 0. The average Bonchev–Trinajstić information content (AvgIpc) is 2.41. The lowest BCUT2D eigenvalue weighted by molar-refractivity contribution is -0.384. The number of aldehydes is 1. The number of non-ortho nitro benzene ring substituents is 1. The Kier molecular flexibility index (Phi) is 3.72. The summed E-state index contributed by atoms with van der Waals surface area (Å²) in [4.78, 5) is 24.4. The Morgan fingerprint density at radius 1 is 1.32 bits per heavy atom. The van der Waals surface area contributed by atoms with E-state index in [2.05, 4.69) is 4.98 Å². The van der Waals surface area contributed by atoms with Crippen molar-refractivity contribution in [3.8, 4) is 11.6 Å². The Bertz CT molecular complexity index is 628. The van der Waals surface area contributed by atoms with Gasteiger partial charge in [0.2, 0.25) is 5.88 Å². The van der Waals surface area contributed by atoms with Gasteiger partial charge < -0.3 is 4.74 Å². The van der Waals surface area contributed by atoms with E-state index in [0.29, 0.717) is 11.8 Å². The van der Waals surface area contributed by atoms with E-state index in [0.717, 1.165) is 0 Å². The number of ether oxygens (including phenoxy) is 1. The van der Waals surface area contributed by atoms with E-state index in [9.17, 15) is 14.9 Å². The molecule has 0 saturated carbocycles. The van der Waals surface area contributed by atoms with Gasteiger partial charge in [-0.05, 0) is 12.1 Å². The zero-order chi connectivity index (χ0) is 13.8. The number of rotatable bonds is 4. The van der Waals surface area contributed by atoms with Gasteiger partial charge in [0.25, 0.3) is 5.69 Å². The Morgan fingerprint density at radius 2 is 2.11 bits per heavy atom. The summed E-state index contributed by atoms with van der Waals surface area (Å²) in [6, 6.07) is 6.89. The molecule has 0 N–H and O–H groups in total. The lowest BCUT2D eigenvalue weighted by Gasteiger charge is -2.06. The van der Waals surface area contributed by atoms with Crippen LogP contribution in [0.15, 0.2) is 36.5 Å². The van der Waals surface area contributed by atoms with Crippen LogP contribution >= 0.6 is 11.6 Å². The van der Waals surface area contributed by atoms with Crippen LogP contribution in [0, 0.1) is 10.1 Å². The number of hydrogen-bond donors (Lipinski definition) is 0. The molecule has 0 radical (unpaired) electrons. The third-order valence-corrected chi connectivity index (χ3v) is 2.53. The molecule has 96 valence electrons. The summed E-state index contributed by atoms with van der Waals surface area (Å²) in [5, 5.41) is 10.7. The number of benzene rings is 1. The smallest absolute Gasteiger partial charge is 0.271 e. The van der Waals surface area contributed by atoms with Gasteiger partial charge in [0.1, 0.15) is 5.75 Å². The number of carbonyl (C=O) groups excluding carboxylic acids is 1. The van der Waals surface area contributed by atoms with Crippen LogP contribution in [0.4, 0.5) is 5.69 Å². The zero-order valence-corrected chi connectivity index (χ0v) is 10.2. The van der Waals surface area contributed by atoms with Crippen LogP contribution in [0.5, 0.6) is 11.6 Å². The van der Waals surface area contributed by atoms with Gasteiger partial charge in [-0.3, -0.25) is 14.9 Å². The number of nitro benzene ring substituents is 1. The normalized spacial score (nSPS) is 9.95. The minimum Gasteiger partial charge on any atom is -0.437 e. The van der Waals surface area contributed by atoms with E-state index in [4.69, 9.17) is 16.3 Å². The van der Waals surface area contributed by atoms with E-state index in [-0.39, 0.29) is 22.3 Å². The standard InChI is InChI=1S/C12H7ClN2O4/c13-10-5-9(15(17)18)2-3-11(10)19-12-4-1-8(7-16)6-14-12/h1-7H. The predicted octanol–water partition coefficient (Wildman–Crippen LogP) is 3.25. The maximum absolute atomic E-state index is 10.6. The van der Waals surface area contributed by atoms with Gasteiger partial charge in [0.15, 0.2) is 6.29 Å². The first kappa shape index (κ1) is 13.0. The molecule has 7 heteroatoms. The van der Waals surface area contributed by atoms with Crippen molar-refractivity contribution >= 4 is 23.6 Å². The molecule has 2 aromatic rings. The maximum atomic E-state index is 10.6. The van der Waals surface area contributed by atoms with Gasteiger partial charge in [0, 0.05) is 30.0 Å². The van der Waals surface area contributed by atoms with Gasteiger partial charge in [-0.2, -0.15) is 0 Å². The first-order chi connectivity index (χ1) is 9.10. The van der Waals surface area contributed by atoms with E-state index >= 15 is 0 Å². The van der Waals surface area contributed by atoms with Crippen LogP contribution in [-0.2, 0) is 0 Å². The summed E-state index contributed by atoms with van der Waals surface area (Å²) in [6.07, 6.45) is 2.01. The summed E-state index contributed by atoms with van der Waals surface area (Å²) in [7, 11) is 0. The highest BCUT2D eigenvalue weighted by Crippen LogP contribution is 2.31. The molecule has 0 bridgehead atoms. The van der Waals surface area contributed by atoms with E-state index < -0.39 is 4.92 Å². The molecule has 6 nitrogen and oxygen atoms in total. The van der Waals surface area contributed by atoms with Gasteiger partial charge >= 0.3 is 0 Å². The summed E-state index contributed by atoms with van der Waals surface area (Å²) >= 11 is 5.87. The van der Waals surface area contributed by atoms with Crippen molar-refractivity contribution in [3.63, 3.8) is 0 Å². The molecule has 0 amide bonds.